The molecule has 122 valence electrons. The number of carbonyl (C=O) groups is 1. The second-order valence-electron chi connectivity index (χ2n) is 5.75. The average molecular weight is 331 g/mol. The van der Waals surface area contributed by atoms with E-state index in [1.54, 1.807) is 12.1 Å². The van der Waals surface area contributed by atoms with Crippen LogP contribution in [0.3, 0.4) is 0 Å². The number of aryl methyl sites for hydroxylation is 2. The Kier molecular flexibility index (Phi) is 5.55. The number of nitrogens with one attached hydrogen (secondary N) is 1. The lowest BCUT2D eigenvalue weighted by molar-refractivity contribution is -0.115. The van der Waals surface area contributed by atoms with E-state index in [0.717, 1.165) is 16.7 Å². The van der Waals surface area contributed by atoms with Crippen LogP contribution in [-0.4, -0.2) is 20.1 Å². The van der Waals surface area contributed by atoms with Crippen LogP contribution in [0, 0.1) is 13.8 Å². The van der Waals surface area contributed by atoms with Crippen molar-refractivity contribution >= 4 is 21.4 Å². The van der Waals surface area contributed by atoms with Gasteiger partial charge in [-0.2, -0.15) is 0 Å². The lowest BCUT2D eigenvalue weighted by Gasteiger charge is -2.08. The smallest absolute Gasteiger partial charge is 0.225 e. The zero-order chi connectivity index (χ0) is 16.9. The Morgan fingerprint density at radius 1 is 1.00 bits per heavy atom. The van der Waals surface area contributed by atoms with Crippen LogP contribution in [0.4, 0.5) is 5.69 Å². The minimum atomic E-state index is -3.32. The molecule has 2 aromatic carbocycles. The maximum atomic E-state index is 12.2. The lowest BCUT2D eigenvalue weighted by Crippen LogP contribution is -2.18. The van der Waals surface area contributed by atoms with Crippen molar-refractivity contribution in [1.29, 1.82) is 0 Å². The summed E-state index contributed by atoms with van der Waals surface area (Å²) in [6.45, 7) is 3.88. The van der Waals surface area contributed by atoms with Gasteiger partial charge in [0.15, 0.2) is 9.84 Å². The molecule has 2 aromatic rings. The van der Waals surface area contributed by atoms with Crippen molar-refractivity contribution < 1.29 is 13.2 Å². The molecule has 4 nitrogen and oxygen atoms in total. The van der Waals surface area contributed by atoms with Crippen LogP contribution in [0.5, 0.6) is 0 Å². The van der Waals surface area contributed by atoms with E-state index >= 15 is 0 Å². The van der Waals surface area contributed by atoms with Gasteiger partial charge in [0, 0.05) is 12.1 Å². The molecular weight excluding hydrogens is 310 g/mol. The highest BCUT2D eigenvalue weighted by Crippen LogP contribution is 2.13. The molecule has 0 radical (unpaired) electrons. The second kappa shape index (κ2) is 7.42. The summed E-state index contributed by atoms with van der Waals surface area (Å²) in [5, 5.41) is 2.69. The predicted octanol–water partition coefficient (Wildman–Crippen LogP) is 3.25. The molecule has 0 aliphatic rings. The van der Waals surface area contributed by atoms with E-state index in [9.17, 15) is 13.2 Å². The number of rotatable bonds is 6. The van der Waals surface area contributed by atoms with Gasteiger partial charge in [-0.3, -0.25) is 4.79 Å². The molecular formula is C18H21NO3S. The maximum Gasteiger partial charge on any atom is 0.225 e. The van der Waals surface area contributed by atoms with Gasteiger partial charge in [-0.25, -0.2) is 8.42 Å². The van der Waals surface area contributed by atoms with Gasteiger partial charge in [0.25, 0.3) is 0 Å². The fourth-order valence-corrected chi connectivity index (χ4v) is 3.79. The molecule has 2 rings (SSSR count). The quantitative estimate of drug-likeness (QED) is 0.884. The summed E-state index contributed by atoms with van der Waals surface area (Å²) in [4.78, 5) is 11.8. The number of sulfone groups is 1. The van der Waals surface area contributed by atoms with Gasteiger partial charge >= 0.3 is 0 Å². The third-order valence-electron chi connectivity index (χ3n) is 3.37. The van der Waals surface area contributed by atoms with Gasteiger partial charge in [0.05, 0.1) is 11.5 Å². The van der Waals surface area contributed by atoms with Crippen LogP contribution in [-0.2, 0) is 20.4 Å². The molecule has 0 fully saturated rings. The van der Waals surface area contributed by atoms with Crippen LogP contribution < -0.4 is 5.32 Å². The van der Waals surface area contributed by atoms with E-state index in [-0.39, 0.29) is 23.8 Å². The molecule has 0 atom stereocenters. The zero-order valence-electron chi connectivity index (χ0n) is 13.4. The highest BCUT2D eigenvalue weighted by molar-refractivity contribution is 7.90. The van der Waals surface area contributed by atoms with Crippen LogP contribution in [0.2, 0.25) is 0 Å². The lowest BCUT2D eigenvalue weighted by atomic mass is 10.1. The van der Waals surface area contributed by atoms with Crippen molar-refractivity contribution in [2.45, 2.75) is 26.0 Å². The van der Waals surface area contributed by atoms with Crippen LogP contribution in [0.15, 0.2) is 48.5 Å². The molecule has 0 heterocycles. The summed E-state index contributed by atoms with van der Waals surface area (Å²) in [6.07, 6.45) is -0.0397. The van der Waals surface area contributed by atoms with Gasteiger partial charge in [-0.1, -0.05) is 47.5 Å². The fourth-order valence-electron chi connectivity index (χ4n) is 2.47. The van der Waals surface area contributed by atoms with Gasteiger partial charge in [0.1, 0.15) is 0 Å². The molecule has 0 unspecified atom stereocenters. The first-order chi connectivity index (χ1) is 10.8. The van der Waals surface area contributed by atoms with E-state index in [1.165, 1.54) is 0 Å². The first-order valence-electron chi connectivity index (χ1n) is 7.46. The maximum absolute atomic E-state index is 12.2. The number of carbonyl (C=O) groups excluding carboxylic acids is 1. The van der Waals surface area contributed by atoms with Gasteiger partial charge in [0.2, 0.25) is 5.91 Å². The van der Waals surface area contributed by atoms with Crippen molar-refractivity contribution in [3.05, 3.63) is 65.2 Å². The molecule has 0 aliphatic heterocycles. The minimum Gasteiger partial charge on any atom is -0.326 e. The summed E-state index contributed by atoms with van der Waals surface area (Å²) in [5.41, 5.74) is 3.52. The van der Waals surface area contributed by atoms with E-state index < -0.39 is 9.84 Å². The SMILES string of the molecule is Cc1cc(C)cc(CS(=O)(=O)CCC(=O)Nc2ccccc2)c1. The predicted molar refractivity (Wildman–Crippen MR) is 93.1 cm³/mol. The first kappa shape index (κ1) is 17.2. The Morgan fingerprint density at radius 2 is 1.61 bits per heavy atom. The summed E-state index contributed by atoms with van der Waals surface area (Å²) in [6, 6.07) is 14.7. The number of anilines is 1. The van der Waals surface area contributed by atoms with Crippen molar-refractivity contribution in [2.24, 2.45) is 0 Å². The highest BCUT2D eigenvalue weighted by atomic mass is 32.2. The van der Waals surface area contributed by atoms with Crippen LogP contribution in [0.25, 0.3) is 0 Å². The fraction of sp³-hybridized carbons (Fsp3) is 0.278. The number of hydrogen-bond donors (Lipinski definition) is 1. The number of amides is 1. The molecule has 0 aliphatic carbocycles. The Labute approximate surface area is 137 Å². The Hall–Kier alpha value is -2.14. The monoisotopic (exact) mass is 331 g/mol. The molecule has 0 saturated carbocycles. The van der Waals surface area contributed by atoms with E-state index in [2.05, 4.69) is 5.32 Å². The molecule has 0 saturated heterocycles. The van der Waals surface area contributed by atoms with E-state index in [0.29, 0.717) is 5.69 Å². The minimum absolute atomic E-state index is 0.0336. The molecule has 0 spiro atoms. The Balaban J connectivity index is 1.92. The summed E-state index contributed by atoms with van der Waals surface area (Å²) < 4.78 is 24.4. The van der Waals surface area contributed by atoms with E-state index in [4.69, 9.17) is 0 Å². The van der Waals surface area contributed by atoms with Gasteiger partial charge in [-0.05, 0) is 31.5 Å². The van der Waals surface area contributed by atoms with Crippen LogP contribution in [0.1, 0.15) is 23.1 Å². The Morgan fingerprint density at radius 3 is 2.22 bits per heavy atom. The molecule has 0 bridgehead atoms. The molecule has 23 heavy (non-hydrogen) atoms. The standard InChI is InChI=1S/C18H21NO3S/c1-14-10-15(2)12-16(11-14)13-23(21,22)9-8-18(20)19-17-6-4-3-5-7-17/h3-7,10-12H,8-9,13H2,1-2H3,(H,19,20). The Bertz CT molecular complexity index is 763. The third kappa shape index (κ3) is 5.87. The van der Waals surface area contributed by atoms with Crippen LogP contribution >= 0.6 is 0 Å². The molecule has 1 amide bonds. The van der Waals surface area contributed by atoms with Gasteiger partial charge < -0.3 is 5.32 Å². The van der Waals surface area contributed by atoms with Gasteiger partial charge in [-0.15, -0.1) is 0 Å². The van der Waals surface area contributed by atoms with Crippen molar-refractivity contribution in [3.8, 4) is 0 Å². The zero-order valence-corrected chi connectivity index (χ0v) is 14.2. The first-order valence-corrected chi connectivity index (χ1v) is 9.29. The third-order valence-corrected chi connectivity index (χ3v) is 4.97. The summed E-state index contributed by atoms with van der Waals surface area (Å²) in [7, 11) is -3.32. The second-order valence-corrected chi connectivity index (χ2v) is 7.94. The van der Waals surface area contributed by atoms with Crippen molar-refractivity contribution in [2.75, 3.05) is 11.1 Å². The molecule has 0 aromatic heterocycles. The van der Waals surface area contributed by atoms with E-state index in [1.807, 2.05) is 50.2 Å². The van der Waals surface area contributed by atoms with Crippen molar-refractivity contribution in [1.82, 2.24) is 0 Å². The number of hydrogen-bond acceptors (Lipinski definition) is 3. The summed E-state index contributed by atoms with van der Waals surface area (Å²) >= 11 is 0. The topological polar surface area (TPSA) is 63.2 Å². The molecule has 5 heteroatoms. The summed E-state index contributed by atoms with van der Waals surface area (Å²) in [5.74, 6) is -0.479. The largest absolute Gasteiger partial charge is 0.326 e. The highest BCUT2D eigenvalue weighted by Gasteiger charge is 2.15. The normalized spacial score (nSPS) is 11.2. The average Bonchev–Trinajstić information content (AvgIpc) is 2.45. The number of benzene rings is 2. The number of para-hydroxylation sites is 1. The molecule has 1 N–H and O–H groups in total. The van der Waals surface area contributed by atoms with Crippen molar-refractivity contribution in [3.63, 3.8) is 0 Å².